The van der Waals surface area contributed by atoms with E-state index in [9.17, 15) is 5.11 Å². The molecule has 3 heteroatoms. The molecule has 0 saturated carbocycles. The molecule has 0 bridgehead atoms. The summed E-state index contributed by atoms with van der Waals surface area (Å²) in [6.45, 7) is 12.5. The lowest BCUT2D eigenvalue weighted by Gasteiger charge is -2.08. The van der Waals surface area contributed by atoms with Crippen molar-refractivity contribution in [1.29, 1.82) is 0 Å². The van der Waals surface area contributed by atoms with Crippen LogP contribution < -0.4 is 10.1 Å². The second kappa shape index (κ2) is 11.0. The molecule has 0 aliphatic heterocycles. The smallest absolute Gasteiger partial charge is 0.129 e. The van der Waals surface area contributed by atoms with E-state index in [4.69, 9.17) is 4.74 Å². The van der Waals surface area contributed by atoms with Crippen molar-refractivity contribution in [1.82, 2.24) is 5.32 Å². The number of aryl methyl sites for hydroxylation is 1. The Labute approximate surface area is 151 Å². The lowest BCUT2D eigenvalue weighted by Crippen LogP contribution is -2.06. The molecule has 0 saturated heterocycles. The minimum absolute atomic E-state index is 0.231. The van der Waals surface area contributed by atoms with Crippen molar-refractivity contribution in [2.45, 2.75) is 26.7 Å². The number of hydrogen-bond donors (Lipinski definition) is 2. The number of phenols is 1. The Bertz CT molecular complexity index is 682. The van der Waals surface area contributed by atoms with Crippen LogP contribution in [0, 0.1) is 6.92 Å². The van der Waals surface area contributed by atoms with Crippen LogP contribution in [0.25, 0.3) is 6.08 Å². The highest BCUT2D eigenvalue weighted by atomic mass is 16.5. The van der Waals surface area contributed by atoms with Crippen LogP contribution in [0.1, 0.15) is 30.9 Å². The Balaban J connectivity index is 2.76. The Morgan fingerprint density at radius 2 is 2.08 bits per heavy atom. The van der Waals surface area contributed by atoms with Crippen LogP contribution in [-0.4, -0.2) is 18.8 Å². The monoisotopic (exact) mass is 339 g/mol. The van der Waals surface area contributed by atoms with Gasteiger partial charge in [0.1, 0.15) is 11.5 Å². The van der Waals surface area contributed by atoms with Gasteiger partial charge in [-0.15, -0.1) is 6.58 Å². The maximum Gasteiger partial charge on any atom is 0.129 e. The second-order valence-electron chi connectivity index (χ2n) is 5.96. The SMILES string of the molecule is C=C/C=C(\C=C/NCCCC(=C)C)/C=C/c1cc(C)c(O)cc1OC. The highest BCUT2D eigenvalue weighted by Gasteiger charge is 2.04. The predicted octanol–water partition coefficient (Wildman–Crippen LogP) is 5.29. The van der Waals surface area contributed by atoms with E-state index in [-0.39, 0.29) is 5.75 Å². The van der Waals surface area contributed by atoms with Crippen LogP contribution in [0.3, 0.4) is 0 Å². The Hall–Kier alpha value is -2.68. The van der Waals surface area contributed by atoms with Crippen molar-refractivity contribution in [3.8, 4) is 11.5 Å². The first-order valence-electron chi connectivity index (χ1n) is 8.40. The van der Waals surface area contributed by atoms with Gasteiger partial charge in [-0.05, 0) is 56.2 Å². The summed E-state index contributed by atoms with van der Waals surface area (Å²) in [7, 11) is 1.59. The molecule has 3 nitrogen and oxygen atoms in total. The summed E-state index contributed by atoms with van der Waals surface area (Å²) < 4.78 is 5.33. The molecule has 1 aromatic carbocycles. The molecule has 0 spiro atoms. The number of ether oxygens (including phenoxy) is 1. The normalized spacial score (nSPS) is 11.9. The fraction of sp³-hybridized carbons (Fsp3) is 0.273. The highest BCUT2D eigenvalue weighted by Crippen LogP contribution is 2.28. The molecule has 0 aliphatic carbocycles. The highest BCUT2D eigenvalue weighted by molar-refractivity contribution is 5.63. The molecule has 0 unspecified atom stereocenters. The van der Waals surface area contributed by atoms with Gasteiger partial charge in [-0.2, -0.15) is 0 Å². The fourth-order valence-electron chi connectivity index (χ4n) is 2.23. The first kappa shape index (κ1) is 20.4. The maximum absolute atomic E-state index is 9.78. The number of hydrogen-bond acceptors (Lipinski definition) is 3. The molecule has 0 aliphatic rings. The Morgan fingerprint density at radius 1 is 1.32 bits per heavy atom. The van der Waals surface area contributed by atoms with Crippen LogP contribution >= 0.6 is 0 Å². The van der Waals surface area contributed by atoms with Gasteiger partial charge in [0.05, 0.1) is 7.11 Å². The van der Waals surface area contributed by atoms with Crippen molar-refractivity contribution in [3.63, 3.8) is 0 Å². The van der Waals surface area contributed by atoms with Crippen LogP contribution in [0.2, 0.25) is 0 Å². The van der Waals surface area contributed by atoms with E-state index in [2.05, 4.69) is 18.5 Å². The number of phenolic OH excluding ortho intramolecular Hbond substituents is 1. The third kappa shape index (κ3) is 7.62. The Morgan fingerprint density at radius 3 is 2.72 bits per heavy atom. The van der Waals surface area contributed by atoms with E-state index in [1.54, 1.807) is 19.3 Å². The summed E-state index contributed by atoms with van der Waals surface area (Å²) in [5.74, 6) is 0.869. The van der Waals surface area contributed by atoms with Gasteiger partial charge in [0.15, 0.2) is 0 Å². The molecule has 0 aromatic heterocycles. The number of aromatic hydroxyl groups is 1. The van der Waals surface area contributed by atoms with E-state index in [1.165, 1.54) is 5.57 Å². The summed E-state index contributed by atoms with van der Waals surface area (Å²) >= 11 is 0. The third-order valence-electron chi connectivity index (χ3n) is 3.63. The zero-order valence-electron chi connectivity index (χ0n) is 15.5. The number of nitrogens with one attached hydrogen (secondary N) is 1. The summed E-state index contributed by atoms with van der Waals surface area (Å²) in [5, 5.41) is 13.1. The van der Waals surface area contributed by atoms with Gasteiger partial charge in [-0.1, -0.05) is 36.5 Å². The number of allylic oxidation sites excluding steroid dienone is 6. The first-order valence-corrected chi connectivity index (χ1v) is 8.40. The van der Waals surface area contributed by atoms with Crippen LogP contribution in [-0.2, 0) is 0 Å². The zero-order valence-corrected chi connectivity index (χ0v) is 15.5. The topological polar surface area (TPSA) is 41.5 Å². The lowest BCUT2D eigenvalue weighted by atomic mass is 10.1. The van der Waals surface area contributed by atoms with Gasteiger partial charge < -0.3 is 15.2 Å². The van der Waals surface area contributed by atoms with E-state index in [1.807, 2.05) is 50.4 Å². The summed E-state index contributed by atoms with van der Waals surface area (Å²) in [4.78, 5) is 0. The van der Waals surface area contributed by atoms with E-state index >= 15 is 0 Å². The molecule has 25 heavy (non-hydrogen) atoms. The minimum atomic E-state index is 0.231. The quantitative estimate of drug-likeness (QED) is 0.345. The summed E-state index contributed by atoms with van der Waals surface area (Å²) in [5.41, 5.74) is 3.94. The number of benzene rings is 1. The van der Waals surface area contributed by atoms with E-state index < -0.39 is 0 Å². The second-order valence-corrected chi connectivity index (χ2v) is 5.96. The average molecular weight is 339 g/mol. The molecule has 0 heterocycles. The third-order valence-corrected chi connectivity index (χ3v) is 3.63. The van der Waals surface area contributed by atoms with Gasteiger partial charge in [0, 0.05) is 18.2 Å². The number of rotatable bonds is 10. The summed E-state index contributed by atoms with van der Waals surface area (Å²) in [6, 6.07) is 3.53. The van der Waals surface area contributed by atoms with Crippen molar-refractivity contribution >= 4 is 6.08 Å². The van der Waals surface area contributed by atoms with Gasteiger partial charge in [-0.25, -0.2) is 0 Å². The molecule has 0 amide bonds. The summed E-state index contributed by atoms with van der Waals surface area (Å²) in [6.07, 6.45) is 13.7. The van der Waals surface area contributed by atoms with E-state index in [0.717, 1.165) is 36.1 Å². The standard InChI is InChI=1S/C22H29NO2/c1-6-8-19(12-14-23-13-7-9-17(2)3)10-11-20-15-18(4)21(24)16-22(20)25-5/h6,8,10-12,14-16,23-24H,1-2,7,9,13H2,3-5H3/b11-10+,14-12-,19-8-. The maximum atomic E-state index is 9.78. The van der Waals surface area contributed by atoms with E-state index in [0.29, 0.717) is 5.75 Å². The van der Waals surface area contributed by atoms with Crippen LogP contribution in [0.4, 0.5) is 0 Å². The molecule has 0 fully saturated rings. The Kier molecular flexibility index (Phi) is 8.94. The van der Waals surface area contributed by atoms with Crippen molar-refractivity contribution < 1.29 is 9.84 Å². The molecule has 0 radical (unpaired) electrons. The van der Waals surface area contributed by atoms with Crippen molar-refractivity contribution in [2.24, 2.45) is 0 Å². The van der Waals surface area contributed by atoms with Gasteiger partial charge in [0.2, 0.25) is 0 Å². The molecule has 2 N–H and O–H groups in total. The lowest BCUT2D eigenvalue weighted by molar-refractivity contribution is 0.406. The minimum Gasteiger partial charge on any atom is -0.508 e. The van der Waals surface area contributed by atoms with Gasteiger partial charge >= 0.3 is 0 Å². The molecular weight excluding hydrogens is 310 g/mol. The molecule has 1 aromatic rings. The van der Waals surface area contributed by atoms with Crippen LogP contribution in [0.15, 0.2) is 66.9 Å². The van der Waals surface area contributed by atoms with Gasteiger partial charge in [-0.3, -0.25) is 0 Å². The van der Waals surface area contributed by atoms with Crippen molar-refractivity contribution in [3.05, 3.63) is 78.1 Å². The van der Waals surface area contributed by atoms with Gasteiger partial charge in [0.25, 0.3) is 0 Å². The first-order chi connectivity index (χ1) is 12.0. The van der Waals surface area contributed by atoms with Crippen LogP contribution in [0.5, 0.6) is 11.5 Å². The number of methoxy groups -OCH3 is 1. The molecule has 0 atom stereocenters. The molecule has 1 rings (SSSR count). The predicted molar refractivity (Wildman–Crippen MR) is 108 cm³/mol. The molecular formula is C22H29NO2. The fourth-order valence-corrected chi connectivity index (χ4v) is 2.23. The van der Waals surface area contributed by atoms with Crippen molar-refractivity contribution in [2.75, 3.05) is 13.7 Å². The largest absolute Gasteiger partial charge is 0.508 e. The average Bonchev–Trinajstić information content (AvgIpc) is 2.57. The zero-order chi connectivity index (χ0) is 18.7. The molecule has 134 valence electrons.